The van der Waals surface area contributed by atoms with Crippen molar-refractivity contribution in [2.24, 2.45) is 0 Å². The number of amides is 2. The first kappa shape index (κ1) is 14.3. The Morgan fingerprint density at radius 3 is 2.50 bits per heavy atom. The number of urea groups is 1. The molecule has 0 spiro atoms. The molecule has 0 radical (unpaired) electrons. The van der Waals surface area contributed by atoms with Crippen molar-refractivity contribution in [3.63, 3.8) is 0 Å². The maximum Gasteiger partial charge on any atom is 0.329 e. The van der Waals surface area contributed by atoms with Crippen LogP contribution in [0, 0.1) is 11.3 Å². The standard InChI is InChI=1S/C12H19N3O3/c1-2-15(9-5-8-13)11(18)14-12(10(16)17)6-3-4-7-12/h2-7,9H2,1H3,(H,14,18)(H,16,17). The minimum absolute atomic E-state index is 0.251. The van der Waals surface area contributed by atoms with Crippen molar-refractivity contribution in [3.05, 3.63) is 0 Å². The molecule has 1 fully saturated rings. The van der Waals surface area contributed by atoms with Crippen LogP contribution in [-0.4, -0.2) is 40.6 Å². The van der Waals surface area contributed by atoms with E-state index < -0.39 is 17.5 Å². The summed E-state index contributed by atoms with van der Waals surface area (Å²) in [6.07, 6.45) is 2.84. The molecular weight excluding hydrogens is 234 g/mol. The van der Waals surface area contributed by atoms with Crippen LogP contribution in [0.3, 0.4) is 0 Å². The van der Waals surface area contributed by atoms with Gasteiger partial charge in [0.2, 0.25) is 0 Å². The molecule has 6 heteroatoms. The van der Waals surface area contributed by atoms with Crippen LogP contribution in [0.4, 0.5) is 4.79 Å². The SMILES string of the molecule is CCN(CCC#N)C(=O)NC1(C(=O)O)CCCC1. The molecule has 0 aromatic heterocycles. The summed E-state index contributed by atoms with van der Waals surface area (Å²) in [7, 11) is 0. The molecule has 0 unspecified atom stereocenters. The Kier molecular flexibility index (Phi) is 4.95. The molecule has 1 saturated carbocycles. The highest BCUT2D eigenvalue weighted by Gasteiger charge is 2.43. The molecule has 0 aromatic carbocycles. The number of nitrogens with one attached hydrogen (secondary N) is 1. The van der Waals surface area contributed by atoms with Crippen molar-refractivity contribution >= 4 is 12.0 Å². The quantitative estimate of drug-likeness (QED) is 0.772. The predicted molar refractivity (Wildman–Crippen MR) is 64.8 cm³/mol. The summed E-state index contributed by atoms with van der Waals surface area (Å²) >= 11 is 0. The van der Waals surface area contributed by atoms with Gasteiger partial charge < -0.3 is 15.3 Å². The number of aliphatic carboxylic acids is 1. The molecule has 1 aliphatic rings. The predicted octanol–water partition coefficient (Wildman–Crippen LogP) is 1.33. The first-order valence-corrected chi connectivity index (χ1v) is 6.23. The number of rotatable bonds is 5. The normalized spacial score (nSPS) is 16.9. The van der Waals surface area contributed by atoms with E-state index in [-0.39, 0.29) is 6.42 Å². The summed E-state index contributed by atoms with van der Waals surface area (Å²) < 4.78 is 0. The molecule has 0 aliphatic heterocycles. The average molecular weight is 253 g/mol. The number of carboxylic acids is 1. The lowest BCUT2D eigenvalue weighted by Gasteiger charge is -2.29. The molecule has 1 aliphatic carbocycles. The molecule has 1 rings (SSSR count). The minimum atomic E-state index is -1.11. The lowest BCUT2D eigenvalue weighted by atomic mass is 9.98. The van der Waals surface area contributed by atoms with E-state index in [1.807, 2.05) is 6.07 Å². The van der Waals surface area contributed by atoms with Gasteiger partial charge in [-0.2, -0.15) is 5.26 Å². The van der Waals surface area contributed by atoms with Crippen LogP contribution in [0.5, 0.6) is 0 Å². The Labute approximate surface area is 107 Å². The highest BCUT2D eigenvalue weighted by atomic mass is 16.4. The number of hydrogen-bond acceptors (Lipinski definition) is 3. The number of carbonyl (C=O) groups excluding carboxylic acids is 1. The zero-order valence-electron chi connectivity index (χ0n) is 10.6. The van der Waals surface area contributed by atoms with Crippen molar-refractivity contribution in [2.75, 3.05) is 13.1 Å². The number of nitriles is 1. The van der Waals surface area contributed by atoms with Crippen molar-refractivity contribution in [3.8, 4) is 6.07 Å². The van der Waals surface area contributed by atoms with E-state index in [2.05, 4.69) is 5.32 Å². The Morgan fingerprint density at radius 1 is 1.44 bits per heavy atom. The van der Waals surface area contributed by atoms with E-state index >= 15 is 0 Å². The van der Waals surface area contributed by atoms with Crippen LogP contribution < -0.4 is 5.32 Å². The smallest absolute Gasteiger partial charge is 0.329 e. The van der Waals surface area contributed by atoms with Gasteiger partial charge >= 0.3 is 12.0 Å². The molecule has 2 amide bonds. The van der Waals surface area contributed by atoms with Crippen molar-refractivity contribution < 1.29 is 14.7 Å². The maximum absolute atomic E-state index is 12.0. The van der Waals surface area contributed by atoms with Crippen LogP contribution in [0.15, 0.2) is 0 Å². The van der Waals surface area contributed by atoms with Crippen LogP contribution >= 0.6 is 0 Å². The van der Waals surface area contributed by atoms with Crippen LogP contribution in [0.2, 0.25) is 0 Å². The third kappa shape index (κ3) is 3.13. The molecule has 18 heavy (non-hydrogen) atoms. The Bertz CT molecular complexity index is 356. The topological polar surface area (TPSA) is 93.4 Å². The zero-order valence-corrected chi connectivity index (χ0v) is 10.6. The molecule has 100 valence electrons. The van der Waals surface area contributed by atoms with Crippen LogP contribution in [0.25, 0.3) is 0 Å². The van der Waals surface area contributed by atoms with E-state index in [1.165, 1.54) is 4.90 Å². The first-order chi connectivity index (χ1) is 8.55. The summed E-state index contributed by atoms with van der Waals surface area (Å²) in [6, 6.07) is 1.58. The highest BCUT2D eigenvalue weighted by Crippen LogP contribution is 2.30. The largest absolute Gasteiger partial charge is 0.480 e. The number of carbonyl (C=O) groups is 2. The second-order valence-electron chi connectivity index (χ2n) is 4.51. The van der Waals surface area contributed by atoms with Gasteiger partial charge in [0, 0.05) is 13.1 Å². The fourth-order valence-corrected chi connectivity index (χ4v) is 2.24. The second-order valence-corrected chi connectivity index (χ2v) is 4.51. The second kappa shape index (κ2) is 6.24. The molecule has 2 N–H and O–H groups in total. The molecule has 0 heterocycles. The molecule has 0 aromatic rings. The monoisotopic (exact) mass is 253 g/mol. The van der Waals surface area contributed by atoms with Crippen molar-refractivity contribution in [2.45, 2.75) is 44.6 Å². The maximum atomic E-state index is 12.0. The molecule has 0 bridgehead atoms. The summed E-state index contributed by atoms with van der Waals surface area (Å²) in [5.74, 6) is -0.968. The van der Waals surface area contributed by atoms with Gasteiger partial charge in [-0.25, -0.2) is 9.59 Å². The summed E-state index contributed by atoms with van der Waals surface area (Å²) in [6.45, 7) is 2.59. The Balaban J connectivity index is 2.66. The molecule has 0 saturated heterocycles. The third-order valence-electron chi connectivity index (χ3n) is 3.38. The van der Waals surface area contributed by atoms with E-state index in [0.717, 1.165) is 12.8 Å². The third-order valence-corrected chi connectivity index (χ3v) is 3.38. The number of hydrogen-bond donors (Lipinski definition) is 2. The fourth-order valence-electron chi connectivity index (χ4n) is 2.24. The summed E-state index contributed by atoms with van der Waals surface area (Å²) in [5, 5.41) is 20.4. The van der Waals surface area contributed by atoms with Gasteiger partial charge in [-0.15, -0.1) is 0 Å². The van der Waals surface area contributed by atoms with Gasteiger partial charge in [-0.1, -0.05) is 12.8 Å². The van der Waals surface area contributed by atoms with Crippen molar-refractivity contribution in [1.29, 1.82) is 5.26 Å². The average Bonchev–Trinajstić information content (AvgIpc) is 2.80. The van der Waals surface area contributed by atoms with Gasteiger partial charge in [0.15, 0.2) is 0 Å². The van der Waals surface area contributed by atoms with E-state index in [1.54, 1.807) is 6.92 Å². The number of nitrogens with zero attached hydrogens (tertiary/aromatic N) is 2. The number of carboxylic acid groups (broad SMARTS) is 1. The van der Waals surface area contributed by atoms with Gasteiger partial charge in [0.1, 0.15) is 5.54 Å². The van der Waals surface area contributed by atoms with Crippen molar-refractivity contribution in [1.82, 2.24) is 10.2 Å². The Morgan fingerprint density at radius 2 is 2.06 bits per heavy atom. The summed E-state index contributed by atoms with van der Waals surface area (Å²) in [5.41, 5.74) is -1.11. The highest BCUT2D eigenvalue weighted by molar-refractivity contribution is 5.86. The van der Waals surface area contributed by atoms with Crippen LogP contribution in [0.1, 0.15) is 39.0 Å². The van der Waals surface area contributed by atoms with E-state index in [4.69, 9.17) is 5.26 Å². The lowest BCUT2D eigenvalue weighted by Crippen LogP contribution is -2.56. The van der Waals surface area contributed by atoms with Crippen LogP contribution in [-0.2, 0) is 4.79 Å². The van der Waals surface area contributed by atoms with Gasteiger partial charge in [-0.05, 0) is 19.8 Å². The molecule has 6 nitrogen and oxygen atoms in total. The van der Waals surface area contributed by atoms with Gasteiger partial charge in [0.25, 0.3) is 0 Å². The van der Waals surface area contributed by atoms with E-state index in [9.17, 15) is 14.7 Å². The summed E-state index contributed by atoms with van der Waals surface area (Å²) in [4.78, 5) is 24.8. The fraction of sp³-hybridized carbons (Fsp3) is 0.750. The zero-order chi connectivity index (χ0) is 13.6. The minimum Gasteiger partial charge on any atom is -0.480 e. The molecule has 0 atom stereocenters. The van der Waals surface area contributed by atoms with E-state index in [0.29, 0.717) is 25.9 Å². The lowest BCUT2D eigenvalue weighted by molar-refractivity contribution is -0.144. The van der Waals surface area contributed by atoms with Gasteiger partial charge in [0.05, 0.1) is 12.5 Å². The first-order valence-electron chi connectivity index (χ1n) is 6.23. The Hall–Kier alpha value is -1.77. The molecular formula is C12H19N3O3. The van der Waals surface area contributed by atoms with Gasteiger partial charge in [-0.3, -0.25) is 0 Å².